The van der Waals surface area contributed by atoms with Crippen LogP contribution in [0.25, 0.3) is 0 Å². The van der Waals surface area contributed by atoms with Crippen molar-refractivity contribution in [3.05, 3.63) is 0 Å². The number of hydrogen-bond acceptors (Lipinski definition) is 6. The molecule has 0 amide bonds. The second kappa shape index (κ2) is 4.12. The number of rotatable bonds is 2. The predicted octanol–water partition coefficient (Wildman–Crippen LogP) is -2.36. The Morgan fingerprint density at radius 1 is 1.23 bits per heavy atom. The van der Waals surface area contributed by atoms with E-state index in [9.17, 15) is 20.1 Å². The van der Waals surface area contributed by atoms with Crippen molar-refractivity contribution < 1.29 is 29.6 Å². The highest BCUT2D eigenvalue weighted by atomic mass is 16.7. The van der Waals surface area contributed by atoms with Crippen LogP contribution in [0.15, 0.2) is 0 Å². The minimum Gasteiger partial charge on any atom is -0.387 e. The Labute approximate surface area is 74.7 Å². The molecule has 0 radical (unpaired) electrons. The highest BCUT2D eigenvalue weighted by Gasteiger charge is 2.43. The highest BCUT2D eigenvalue weighted by Crippen LogP contribution is 2.20. The first kappa shape index (κ1) is 10.6. The molecule has 6 nitrogen and oxygen atoms in total. The zero-order chi connectivity index (χ0) is 10.0. The average Bonchev–Trinajstić information content (AvgIpc) is 2.15. The molecule has 0 aromatic carbocycles. The van der Waals surface area contributed by atoms with Gasteiger partial charge in [-0.3, -0.25) is 0 Å². The Balaban J connectivity index is 2.71. The van der Waals surface area contributed by atoms with Gasteiger partial charge in [0.1, 0.15) is 24.4 Å². The monoisotopic (exact) mass is 192 g/mol. The van der Waals surface area contributed by atoms with E-state index in [2.05, 4.69) is 4.74 Å². The van der Waals surface area contributed by atoms with Gasteiger partial charge in [0.05, 0.1) is 0 Å². The summed E-state index contributed by atoms with van der Waals surface area (Å²) in [5.74, 6) is 0. The maximum Gasteiger partial charge on any atom is 0.186 e. The summed E-state index contributed by atoms with van der Waals surface area (Å²) >= 11 is 0. The summed E-state index contributed by atoms with van der Waals surface area (Å²) in [7, 11) is 1.26. The van der Waals surface area contributed by atoms with Crippen LogP contribution in [-0.2, 0) is 14.3 Å². The van der Waals surface area contributed by atoms with Gasteiger partial charge in [0.2, 0.25) is 0 Å². The van der Waals surface area contributed by atoms with E-state index in [1.165, 1.54) is 7.11 Å². The number of carbonyl (C=O) groups excluding carboxylic acids is 1. The van der Waals surface area contributed by atoms with Crippen molar-refractivity contribution in [1.82, 2.24) is 0 Å². The van der Waals surface area contributed by atoms with Crippen LogP contribution in [0.5, 0.6) is 0 Å². The second-order valence-electron chi connectivity index (χ2n) is 2.81. The van der Waals surface area contributed by atoms with Gasteiger partial charge in [0.25, 0.3) is 0 Å². The smallest absolute Gasteiger partial charge is 0.186 e. The Bertz CT molecular complexity index is 182. The lowest BCUT2D eigenvalue weighted by molar-refractivity contribution is -0.280. The Kier molecular flexibility index (Phi) is 3.34. The number of hydrogen-bond donors (Lipinski definition) is 3. The molecule has 0 saturated carbocycles. The molecule has 6 heteroatoms. The fourth-order valence-corrected chi connectivity index (χ4v) is 1.18. The second-order valence-corrected chi connectivity index (χ2v) is 2.81. The van der Waals surface area contributed by atoms with E-state index >= 15 is 0 Å². The van der Waals surface area contributed by atoms with Crippen LogP contribution in [0.3, 0.4) is 0 Å². The van der Waals surface area contributed by atoms with Crippen molar-refractivity contribution in [3.8, 4) is 0 Å². The standard InChI is InChI=1S/C7H12O6/c1-12-7-6(11)5(10)4(9)3(2-8)13-7/h2-7,9-11H,1H3/t3-,4-,5+,6+,7+/m1/s1. The van der Waals surface area contributed by atoms with Gasteiger partial charge in [-0.25, -0.2) is 0 Å². The summed E-state index contributed by atoms with van der Waals surface area (Å²) in [6, 6.07) is 0. The van der Waals surface area contributed by atoms with Gasteiger partial charge in [0.15, 0.2) is 12.6 Å². The number of aliphatic hydroxyl groups is 3. The molecular formula is C7H12O6. The van der Waals surface area contributed by atoms with Crippen LogP contribution >= 0.6 is 0 Å². The fraction of sp³-hybridized carbons (Fsp3) is 0.857. The molecule has 3 N–H and O–H groups in total. The summed E-state index contributed by atoms with van der Waals surface area (Å²) in [5, 5.41) is 27.7. The Hall–Kier alpha value is -0.530. The molecule has 1 aliphatic heterocycles. The molecule has 0 unspecified atom stereocenters. The third kappa shape index (κ3) is 1.87. The normalized spacial score (nSPS) is 46.0. The van der Waals surface area contributed by atoms with Gasteiger partial charge in [-0.1, -0.05) is 0 Å². The van der Waals surface area contributed by atoms with E-state index < -0.39 is 30.7 Å². The lowest BCUT2D eigenvalue weighted by atomic mass is 10.00. The van der Waals surface area contributed by atoms with Crippen molar-refractivity contribution in [1.29, 1.82) is 0 Å². The summed E-state index contributed by atoms with van der Waals surface area (Å²) < 4.78 is 9.48. The minimum atomic E-state index is -1.44. The van der Waals surface area contributed by atoms with E-state index in [0.717, 1.165) is 0 Å². The number of aliphatic hydroxyl groups excluding tert-OH is 3. The van der Waals surface area contributed by atoms with Gasteiger partial charge < -0.3 is 29.6 Å². The van der Waals surface area contributed by atoms with Gasteiger partial charge in [-0.15, -0.1) is 0 Å². The Morgan fingerprint density at radius 3 is 2.31 bits per heavy atom. The van der Waals surface area contributed by atoms with E-state index in [1.807, 2.05) is 0 Å². The van der Waals surface area contributed by atoms with E-state index in [1.54, 1.807) is 0 Å². The average molecular weight is 192 g/mol. The molecule has 0 aromatic heterocycles. The molecule has 0 aliphatic carbocycles. The first-order valence-electron chi connectivity index (χ1n) is 3.79. The molecule has 1 rings (SSSR count). The lowest BCUT2D eigenvalue weighted by Crippen LogP contribution is -2.58. The fourth-order valence-electron chi connectivity index (χ4n) is 1.18. The molecule has 1 saturated heterocycles. The Morgan fingerprint density at radius 2 is 1.85 bits per heavy atom. The molecule has 0 aromatic rings. The number of aldehydes is 1. The van der Waals surface area contributed by atoms with Gasteiger partial charge in [-0.05, 0) is 0 Å². The number of carbonyl (C=O) groups is 1. The van der Waals surface area contributed by atoms with Crippen LogP contribution in [0, 0.1) is 0 Å². The predicted molar refractivity (Wildman–Crippen MR) is 39.8 cm³/mol. The summed E-state index contributed by atoms with van der Waals surface area (Å²) in [6.07, 6.45) is -6.10. The van der Waals surface area contributed by atoms with Gasteiger partial charge in [-0.2, -0.15) is 0 Å². The molecule has 1 heterocycles. The highest BCUT2D eigenvalue weighted by molar-refractivity contribution is 5.57. The van der Waals surface area contributed by atoms with E-state index in [4.69, 9.17) is 4.74 Å². The lowest BCUT2D eigenvalue weighted by Gasteiger charge is -2.37. The molecular weight excluding hydrogens is 180 g/mol. The number of ether oxygens (including phenoxy) is 2. The van der Waals surface area contributed by atoms with Gasteiger partial charge in [0, 0.05) is 7.11 Å². The van der Waals surface area contributed by atoms with Crippen molar-refractivity contribution in [2.24, 2.45) is 0 Å². The molecule has 5 atom stereocenters. The zero-order valence-electron chi connectivity index (χ0n) is 7.03. The van der Waals surface area contributed by atoms with Crippen LogP contribution in [-0.4, -0.2) is 59.4 Å². The third-order valence-corrected chi connectivity index (χ3v) is 1.97. The third-order valence-electron chi connectivity index (χ3n) is 1.97. The maximum absolute atomic E-state index is 10.4. The minimum absolute atomic E-state index is 0.353. The van der Waals surface area contributed by atoms with Gasteiger partial charge >= 0.3 is 0 Å². The van der Waals surface area contributed by atoms with Crippen LogP contribution in [0.4, 0.5) is 0 Å². The van der Waals surface area contributed by atoms with Crippen molar-refractivity contribution in [2.75, 3.05) is 7.11 Å². The van der Waals surface area contributed by atoms with Crippen molar-refractivity contribution in [3.63, 3.8) is 0 Å². The molecule has 1 aliphatic rings. The van der Waals surface area contributed by atoms with Crippen LogP contribution in [0.2, 0.25) is 0 Å². The molecule has 0 spiro atoms. The van der Waals surface area contributed by atoms with Crippen LogP contribution < -0.4 is 0 Å². The topological polar surface area (TPSA) is 96.2 Å². The first-order valence-corrected chi connectivity index (χ1v) is 3.79. The van der Waals surface area contributed by atoms with Crippen molar-refractivity contribution >= 4 is 6.29 Å². The van der Waals surface area contributed by atoms with E-state index in [-0.39, 0.29) is 0 Å². The van der Waals surface area contributed by atoms with E-state index in [0.29, 0.717) is 6.29 Å². The summed E-state index contributed by atoms with van der Waals surface area (Å²) in [4.78, 5) is 10.4. The first-order chi connectivity index (χ1) is 6.11. The largest absolute Gasteiger partial charge is 0.387 e. The molecule has 1 fully saturated rings. The molecule has 13 heavy (non-hydrogen) atoms. The number of methoxy groups -OCH3 is 1. The maximum atomic E-state index is 10.4. The zero-order valence-corrected chi connectivity index (χ0v) is 7.03. The quantitative estimate of drug-likeness (QED) is 0.423. The SMILES string of the molecule is CO[C@H]1O[C@H](C=O)[C@@H](O)[C@H](O)[C@@H]1O. The summed E-state index contributed by atoms with van der Waals surface area (Å²) in [6.45, 7) is 0. The summed E-state index contributed by atoms with van der Waals surface area (Å²) in [5.41, 5.74) is 0. The van der Waals surface area contributed by atoms with Crippen LogP contribution in [0.1, 0.15) is 0 Å². The molecule has 76 valence electrons. The molecule has 0 bridgehead atoms. The van der Waals surface area contributed by atoms with Crippen molar-refractivity contribution in [2.45, 2.75) is 30.7 Å².